The first-order chi connectivity index (χ1) is 10.2. The standard InChI is InChI=1S/C18H17ClN2/c1-13-11-18(15-9-5-6-10-17(15)21-13)20-12-16(19)14-7-3-2-4-8-14/h2-11,16H,12H2,1H3,(H,20,21). The Morgan fingerprint density at radius 1 is 1.05 bits per heavy atom. The van der Waals surface area contributed by atoms with Crippen molar-refractivity contribution in [1.29, 1.82) is 0 Å². The van der Waals surface area contributed by atoms with Crippen LogP contribution >= 0.6 is 11.6 Å². The summed E-state index contributed by atoms with van der Waals surface area (Å²) in [4.78, 5) is 4.55. The number of aryl methyl sites for hydroxylation is 1. The predicted molar refractivity (Wildman–Crippen MR) is 90.0 cm³/mol. The van der Waals surface area contributed by atoms with E-state index in [2.05, 4.69) is 34.6 Å². The third kappa shape index (κ3) is 3.17. The fraction of sp³-hybridized carbons (Fsp3) is 0.167. The summed E-state index contributed by atoms with van der Waals surface area (Å²) in [6.07, 6.45) is 0. The smallest absolute Gasteiger partial charge is 0.0757 e. The molecule has 0 aliphatic heterocycles. The second kappa shape index (κ2) is 6.15. The van der Waals surface area contributed by atoms with Crippen LogP contribution in [0.2, 0.25) is 0 Å². The van der Waals surface area contributed by atoms with Crippen molar-refractivity contribution in [1.82, 2.24) is 4.98 Å². The van der Waals surface area contributed by atoms with E-state index in [-0.39, 0.29) is 5.38 Å². The van der Waals surface area contributed by atoms with Gasteiger partial charge in [0.1, 0.15) is 0 Å². The van der Waals surface area contributed by atoms with E-state index in [9.17, 15) is 0 Å². The van der Waals surface area contributed by atoms with Gasteiger partial charge >= 0.3 is 0 Å². The molecule has 106 valence electrons. The minimum Gasteiger partial charge on any atom is -0.383 e. The van der Waals surface area contributed by atoms with Gasteiger partial charge in [0.15, 0.2) is 0 Å². The number of nitrogens with one attached hydrogen (secondary N) is 1. The van der Waals surface area contributed by atoms with Crippen molar-refractivity contribution in [3.8, 4) is 0 Å². The van der Waals surface area contributed by atoms with Crippen LogP contribution < -0.4 is 5.32 Å². The Bertz CT molecular complexity index is 741. The summed E-state index contributed by atoms with van der Waals surface area (Å²) in [5.74, 6) is 0. The van der Waals surface area contributed by atoms with Gasteiger partial charge in [0.2, 0.25) is 0 Å². The third-order valence-corrected chi connectivity index (χ3v) is 3.88. The molecule has 1 aromatic heterocycles. The monoisotopic (exact) mass is 296 g/mol. The molecule has 0 bridgehead atoms. The second-order valence-corrected chi connectivity index (χ2v) is 5.61. The molecule has 0 aliphatic rings. The topological polar surface area (TPSA) is 24.9 Å². The van der Waals surface area contributed by atoms with Gasteiger partial charge in [0, 0.05) is 23.3 Å². The molecule has 1 atom stereocenters. The number of nitrogens with zero attached hydrogens (tertiary/aromatic N) is 1. The molecule has 3 rings (SSSR count). The Kier molecular flexibility index (Phi) is 4.07. The van der Waals surface area contributed by atoms with Crippen LogP contribution in [0.5, 0.6) is 0 Å². The first-order valence-electron chi connectivity index (χ1n) is 7.03. The highest BCUT2D eigenvalue weighted by atomic mass is 35.5. The van der Waals surface area contributed by atoms with E-state index in [4.69, 9.17) is 11.6 Å². The highest BCUT2D eigenvalue weighted by Crippen LogP contribution is 2.25. The van der Waals surface area contributed by atoms with Gasteiger partial charge in [-0.3, -0.25) is 4.98 Å². The van der Waals surface area contributed by atoms with E-state index >= 15 is 0 Å². The maximum atomic E-state index is 6.47. The number of alkyl halides is 1. The summed E-state index contributed by atoms with van der Waals surface area (Å²) < 4.78 is 0. The SMILES string of the molecule is Cc1cc(NCC(Cl)c2ccccc2)c2ccccc2n1. The van der Waals surface area contributed by atoms with Crippen molar-refractivity contribution in [2.45, 2.75) is 12.3 Å². The molecule has 2 aromatic carbocycles. The van der Waals surface area contributed by atoms with Crippen LogP contribution in [0.15, 0.2) is 60.7 Å². The van der Waals surface area contributed by atoms with Gasteiger partial charge in [-0.2, -0.15) is 0 Å². The molecule has 0 saturated carbocycles. The van der Waals surface area contributed by atoms with Crippen LogP contribution in [0, 0.1) is 6.92 Å². The van der Waals surface area contributed by atoms with E-state index in [0.717, 1.165) is 27.8 Å². The van der Waals surface area contributed by atoms with Gasteiger partial charge in [0.05, 0.1) is 10.9 Å². The maximum Gasteiger partial charge on any atom is 0.0757 e. The molecule has 0 saturated heterocycles. The lowest BCUT2D eigenvalue weighted by molar-refractivity contribution is 0.978. The number of benzene rings is 2. The number of hydrogen-bond donors (Lipinski definition) is 1. The molecule has 21 heavy (non-hydrogen) atoms. The number of aromatic nitrogens is 1. The van der Waals surface area contributed by atoms with Crippen molar-refractivity contribution >= 4 is 28.2 Å². The summed E-state index contributed by atoms with van der Waals surface area (Å²) in [5, 5.41) is 4.52. The van der Waals surface area contributed by atoms with Crippen molar-refractivity contribution in [3.05, 3.63) is 71.9 Å². The van der Waals surface area contributed by atoms with Crippen LogP contribution in [0.4, 0.5) is 5.69 Å². The van der Waals surface area contributed by atoms with E-state index in [0.29, 0.717) is 6.54 Å². The van der Waals surface area contributed by atoms with Gasteiger partial charge < -0.3 is 5.32 Å². The zero-order valence-electron chi connectivity index (χ0n) is 11.9. The molecule has 1 heterocycles. The molecule has 0 fully saturated rings. The van der Waals surface area contributed by atoms with Crippen molar-refractivity contribution < 1.29 is 0 Å². The predicted octanol–water partition coefficient (Wildman–Crippen LogP) is 4.94. The number of para-hydroxylation sites is 1. The molecular formula is C18H17ClN2. The molecule has 0 radical (unpaired) electrons. The summed E-state index contributed by atoms with van der Waals surface area (Å²) in [6.45, 7) is 2.69. The Hall–Kier alpha value is -2.06. The summed E-state index contributed by atoms with van der Waals surface area (Å²) >= 11 is 6.47. The zero-order valence-corrected chi connectivity index (χ0v) is 12.6. The van der Waals surface area contributed by atoms with Crippen molar-refractivity contribution in [2.24, 2.45) is 0 Å². The van der Waals surface area contributed by atoms with Gasteiger partial charge in [-0.25, -0.2) is 0 Å². The molecule has 0 aliphatic carbocycles. The second-order valence-electron chi connectivity index (χ2n) is 5.09. The number of rotatable bonds is 4. The lowest BCUT2D eigenvalue weighted by Crippen LogP contribution is -2.08. The first kappa shape index (κ1) is 13.9. The quantitative estimate of drug-likeness (QED) is 0.690. The zero-order chi connectivity index (χ0) is 14.7. The summed E-state index contributed by atoms with van der Waals surface area (Å²) in [6, 6.07) is 20.3. The number of pyridine rings is 1. The normalized spacial score (nSPS) is 12.3. The van der Waals surface area contributed by atoms with Gasteiger partial charge in [0.25, 0.3) is 0 Å². The molecular weight excluding hydrogens is 280 g/mol. The van der Waals surface area contributed by atoms with Gasteiger partial charge in [-0.15, -0.1) is 11.6 Å². The minimum absolute atomic E-state index is 0.0570. The van der Waals surface area contributed by atoms with E-state index in [1.54, 1.807) is 0 Å². The average molecular weight is 297 g/mol. The fourth-order valence-electron chi connectivity index (χ4n) is 2.43. The van der Waals surface area contributed by atoms with E-state index in [1.807, 2.05) is 43.3 Å². The molecule has 3 heteroatoms. The number of hydrogen-bond acceptors (Lipinski definition) is 2. The largest absolute Gasteiger partial charge is 0.383 e. The Morgan fingerprint density at radius 3 is 2.57 bits per heavy atom. The van der Waals surface area contributed by atoms with Crippen LogP contribution in [0.25, 0.3) is 10.9 Å². The molecule has 1 unspecified atom stereocenters. The summed E-state index contributed by atoms with van der Waals surface area (Å²) in [5.41, 5.74) is 4.22. The molecule has 0 spiro atoms. The van der Waals surface area contributed by atoms with Crippen molar-refractivity contribution in [3.63, 3.8) is 0 Å². The lowest BCUT2D eigenvalue weighted by Gasteiger charge is -2.14. The highest BCUT2D eigenvalue weighted by Gasteiger charge is 2.09. The van der Waals surface area contributed by atoms with Gasteiger partial charge in [-0.05, 0) is 24.6 Å². The third-order valence-electron chi connectivity index (χ3n) is 3.48. The molecule has 3 aromatic rings. The summed E-state index contributed by atoms with van der Waals surface area (Å²) in [7, 11) is 0. The Balaban J connectivity index is 1.82. The van der Waals surface area contributed by atoms with Crippen LogP contribution in [-0.4, -0.2) is 11.5 Å². The number of halogens is 1. The molecule has 2 nitrogen and oxygen atoms in total. The van der Waals surface area contributed by atoms with E-state index in [1.165, 1.54) is 0 Å². The van der Waals surface area contributed by atoms with Crippen LogP contribution in [-0.2, 0) is 0 Å². The van der Waals surface area contributed by atoms with E-state index < -0.39 is 0 Å². The van der Waals surface area contributed by atoms with Crippen molar-refractivity contribution in [2.75, 3.05) is 11.9 Å². The maximum absolute atomic E-state index is 6.47. The Labute approximate surface area is 129 Å². The number of anilines is 1. The molecule has 0 amide bonds. The highest BCUT2D eigenvalue weighted by molar-refractivity contribution is 6.21. The lowest BCUT2D eigenvalue weighted by atomic mass is 10.1. The number of fused-ring (bicyclic) bond motifs is 1. The Morgan fingerprint density at radius 2 is 1.76 bits per heavy atom. The fourth-order valence-corrected chi connectivity index (χ4v) is 2.66. The average Bonchev–Trinajstić information content (AvgIpc) is 2.53. The first-order valence-corrected chi connectivity index (χ1v) is 7.47. The minimum atomic E-state index is -0.0570. The van der Waals surface area contributed by atoms with Gasteiger partial charge in [-0.1, -0.05) is 48.5 Å². The van der Waals surface area contributed by atoms with Crippen LogP contribution in [0.1, 0.15) is 16.6 Å². The molecule has 1 N–H and O–H groups in total. The van der Waals surface area contributed by atoms with Crippen LogP contribution in [0.3, 0.4) is 0 Å².